The molecule has 0 radical (unpaired) electrons. The standard InChI is InChI=1S/C11H16O2S3.Na/c1-10-4-6-11(7-5-10)15-14-8-2-3-9-16(12)13;/h4-7H,2-3,8-9H2,1H3,(H,12,13);/q;+1. The molecule has 1 atom stereocenters. The zero-order valence-electron chi connectivity index (χ0n) is 10.2. The first-order chi connectivity index (χ1) is 7.68. The maximum Gasteiger partial charge on any atom is 1.00 e. The number of rotatable bonds is 7. The Morgan fingerprint density at radius 1 is 1.24 bits per heavy atom. The van der Waals surface area contributed by atoms with Crippen molar-refractivity contribution < 1.29 is 38.3 Å². The first-order valence-corrected chi connectivity index (χ1v) is 8.71. The molecule has 1 aromatic rings. The van der Waals surface area contributed by atoms with Crippen LogP contribution in [0.15, 0.2) is 29.2 Å². The van der Waals surface area contributed by atoms with E-state index in [4.69, 9.17) is 4.55 Å². The van der Waals surface area contributed by atoms with E-state index in [1.54, 1.807) is 21.6 Å². The Labute approximate surface area is 136 Å². The minimum Gasteiger partial charge on any atom is -0.306 e. The van der Waals surface area contributed by atoms with Gasteiger partial charge in [0.25, 0.3) is 0 Å². The maximum absolute atomic E-state index is 10.4. The first-order valence-electron chi connectivity index (χ1n) is 5.12. The van der Waals surface area contributed by atoms with Gasteiger partial charge in [-0.25, -0.2) is 4.21 Å². The van der Waals surface area contributed by atoms with Crippen LogP contribution in [-0.4, -0.2) is 20.3 Å². The Morgan fingerprint density at radius 3 is 2.47 bits per heavy atom. The quantitative estimate of drug-likeness (QED) is 0.349. The molecule has 1 aromatic carbocycles. The molecule has 0 bridgehead atoms. The third-order valence-corrected chi connectivity index (χ3v) is 5.08. The van der Waals surface area contributed by atoms with Gasteiger partial charge in [0, 0.05) is 16.4 Å². The summed E-state index contributed by atoms with van der Waals surface area (Å²) in [4.78, 5) is 1.27. The zero-order valence-corrected chi connectivity index (χ0v) is 14.7. The van der Waals surface area contributed by atoms with E-state index < -0.39 is 11.1 Å². The third kappa shape index (κ3) is 9.59. The van der Waals surface area contributed by atoms with Gasteiger partial charge in [0.2, 0.25) is 0 Å². The van der Waals surface area contributed by atoms with E-state index in [1.807, 2.05) is 0 Å². The van der Waals surface area contributed by atoms with Gasteiger partial charge in [-0.15, -0.1) is 0 Å². The van der Waals surface area contributed by atoms with Crippen LogP contribution >= 0.6 is 21.6 Å². The summed E-state index contributed by atoms with van der Waals surface area (Å²) in [6, 6.07) is 8.46. The molecular formula is C11H16NaO2S3+. The fraction of sp³-hybridized carbons (Fsp3) is 0.455. The third-order valence-electron chi connectivity index (χ3n) is 1.97. The smallest absolute Gasteiger partial charge is 0.306 e. The molecule has 1 unspecified atom stereocenters. The van der Waals surface area contributed by atoms with Crippen molar-refractivity contribution in [1.82, 2.24) is 0 Å². The molecule has 0 spiro atoms. The van der Waals surface area contributed by atoms with Gasteiger partial charge < -0.3 is 4.55 Å². The second-order valence-electron chi connectivity index (χ2n) is 3.45. The number of benzene rings is 1. The van der Waals surface area contributed by atoms with Crippen LogP contribution in [0.1, 0.15) is 18.4 Å². The molecule has 1 N–H and O–H groups in total. The van der Waals surface area contributed by atoms with Gasteiger partial charge in [0.05, 0.1) is 0 Å². The summed E-state index contributed by atoms with van der Waals surface area (Å²) in [5.41, 5.74) is 1.28. The van der Waals surface area contributed by atoms with Crippen molar-refractivity contribution in [2.75, 3.05) is 11.5 Å². The second kappa shape index (κ2) is 10.9. The van der Waals surface area contributed by atoms with Crippen molar-refractivity contribution in [1.29, 1.82) is 0 Å². The fourth-order valence-corrected chi connectivity index (χ4v) is 3.67. The Balaban J connectivity index is 0.00000256. The van der Waals surface area contributed by atoms with Gasteiger partial charge in [-0.2, -0.15) is 0 Å². The zero-order chi connectivity index (χ0) is 11.8. The minimum absolute atomic E-state index is 0. The molecule has 0 saturated heterocycles. The Kier molecular flexibility index (Phi) is 11.6. The predicted molar refractivity (Wildman–Crippen MR) is 74.4 cm³/mol. The first kappa shape index (κ1) is 18.0. The Bertz CT molecular complexity index is 330. The van der Waals surface area contributed by atoms with E-state index >= 15 is 0 Å². The molecule has 2 nitrogen and oxygen atoms in total. The van der Waals surface area contributed by atoms with E-state index in [2.05, 4.69) is 31.2 Å². The van der Waals surface area contributed by atoms with Crippen LogP contribution in [0.5, 0.6) is 0 Å². The Morgan fingerprint density at radius 2 is 1.88 bits per heavy atom. The molecule has 6 heteroatoms. The second-order valence-corrected chi connectivity index (χ2v) is 6.99. The van der Waals surface area contributed by atoms with Gasteiger partial charge in [0.15, 0.2) is 11.1 Å². The molecule has 90 valence electrons. The van der Waals surface area contributed by atoms with Crippen LogP contribution < -0.4 is 29.6 Å². The van der Waals surface area contributed by atoms with Gasteiger partial charge >= 0.3 is 29.6 Å². The summed E-state index contributed by atoms with van der Waals surface area (Å²) >= 11 is -1.63. The van der Waals surface area contributed by atoms with Crippen LogP contribution in [0.2, 0.25) is 0 Å². The molecule has 0 aliphatic carbocycles. The van der Waals surface area contributed by atoms with Crippen LogP contribution in [0.25, 0.3) is 0 Å². The average Bonchev–Trinajstić information content (AvgIpc) is 2.25. The van der Waals surface area contributed by atoms with Crippen molar-refractivity contribution in [3.63, 3.8) is 0 Å². The van der Waals surface area contributed by atoms with Crippen molar-refractivity contribution in [3.05, 3.63) is 29.8 Å². The molecule has 1 rings (SSSR count). The minimum atomic E-state index is -1.63. The molecular weight excluding hydrogens is 283 g/mol. The molecule has 17 heavy (non-hydrogen) atoms. The van der Waals surface area contributed by atoms with E-state index in [0.29, 0.717) is 5.75 Å². The summed E-state index contributed by atoms with van der Waals surface area (Å²) in [6.45, 7) is 2.08. The van der Waals surface area contributed by atoms with Gasteiger partial charge in [-0.3, -0.25) is 0 Å². The van der Waals surface area contributed by atoms with Crippen molar-refractivity contribution >= 4 is 32.7 Å². The van der Waals surface area contributed by atoms with E-state index in [-0.39, 0.29) is 29.6 Å². The molecule has 0 aliphatic heterocycles. The van der Waals surface area contributed by atoms with Crippen molar-refractivity contribution in [2.24, 2.45) is 0 Å². The monoisotopic (exact) mass is 299 g/mol. The molecule has 0 saturated carbocycles. The molecule has 0 aliphatic rings. The van der Waals surface area contributed by atoms with E-state index in [1.165, 1.54) is 10.5 Å². The number of hydrogen-bond acceptors (Lipinski definition) is 3. The molecule has 0 fully saturated rings. The average molecular weight is 299 g/mol. The maximum atomic E-state index is 10.4. The van der Waals surface area contributed by atoms with Crippen molar-refractivity contribution in [3.8, 4) is 0 Å². The number of aryl methyl sites for hydroxylation is 1. The van der Waals surface area contributed by atoms with Crippen LogP contribution in [0.4, 0.5) is 0 Å². The van der Waals surface area contributed by atoms with E-state index in [0.717, 1.165) is 18.6 Å². The van der Waals surface area contributed by atoms with Gasteiger partial charge in [-0.1, -0.05) is 39.3 Å². The van der Waals surface area contributed by atoms with Crippen LogP contribution in [0.3, 0.4) is 0 Å². The fourth-order valence-electron chi connectivity index (χ4n) is 1.09. The van der Waals surface area contributed by atoms with Crippen molar-refractivity contribution in [2.45, 2.75) is 24.7 Å². The number of hydrogen-bond donors (Lipinski definition) is 1. The normalized spacial score (nSPS) is 11.9. The van der Waals surface area contributed by atoms with E-state index in [9.17, 15) is 4.21 Å². The summed E-state index contributed by atoms with van der Waals surface area (Å²) in [7, 11) is 3.57. The summed E-state index contributed by atoms with van der Waals surface area (Å²) < 4.78 is 19.0. The Hall–Kier alpha value is 1.03. The van der Waals surface area contributed by atoms with Crippen LogP contribution in [0, 0.1) is 6.92 Å². The summed E-state index contributed by atoms with van der Waals surface area (Å²) in [5.74, 6) is 1.42. The molecule has 0 aromatic heterocycles. The number of unbranched alkanes of at least 4 members (excludes halogenated alkanes) is 1. The SMILES string of the molecule is Cc1ccc(SSCCCCS(=O)O)cc1.[Na+]. The van der Waals surface area contributed by atoms with Gasteiger partial charge in [-0.05, 0) is 31.9 Å². The van der Waals surface area contributed by atoms with Gasteiger partial charge in [0.1, 0.15) is 0 Å². The largest absolute Gasteiger partial charge is 1.00 e. The topological polar surface area (TPSA) is 37.3 Å². The summed E-state index contributed by atoms with van der Waals surface area (Å²) in [6.07, 6.45) is 1.82. The predicted octanol–water partition coefficient (Wildman–Crippen LogP) is 0.741. The van der Waals surface area contributed by atoms with Crippen LogP contribution in [-0.2, 0) is 11.1 Å². The molecule has 0 amide bonds. The summed E-state index contributed by atoms with van der Waals surface area (Å²) in [5, 5.41) is 0. The molecule has 0 heterocycles.